The van der Waals surface area contributed by atoms with Gasteiger partial charge in [0.2, 0.25) is 0 Å². The SMILES string of the molecule is COc1ccc2nc(Nc3cc(C)ccn3)ccc2c1. The minimum Gasteiger partial charge on any atom is -0.497 e. The van der Waals surface area contributed by atoms with Crippen molar-refractivity contribution in [1.29, 1.82) is 0 Å². The maximum Gasteiger partial charge on any atom is 0.132 e. The van der Waals surface area contributed by atoms with Crippen LogP contribution in [0.15, 0.2) is 48.7 Å². The Kier molecular flexibility index (Phi) is 3.21. The van der Waals surface area contributed by atoms with Gasteiger partial charge in [0.15, 0.2) is 0 Å². The van der Waals surface area contributed by atoms with Crippen LogP contribution < -0.4 is 10.1 Å². The molecule has 0 amide bonds. The quantitative estimate of drug-likeness (QED) is 0.784. The summed E-state index contributed by atoms with van der Waals surface area (Å²) in [5.41, 5.74) is 2.08. The third-order valence-corrected chi connectivity index (χ3v) is 3.07. The third kappa shape index (κ3) is 2.54. The van der Waals surface area contributed by atoms with Gasteiger partial charge >= 0.3 is 0 Å². The van der Waals surface area contributed by atoms with E-state index < -0.39 is 0 Å². The van der Waals surface area contributed by atoms with Gasteiger partial charge in [-0.15, -0.1) is 0 Å². The molecule has 2 aromatic heterocycles. The first kappa shape index (κ1) is 12.4. The molecule has 100 valence electrons. The van der Waals surface area contributed by atoms with Crippen LogP contribution in [0.5, 0.6) is 5.75 Å². The first-order chi connectivity index (χ1) is 9.74. The molecule has 1 N–H and O–H groups in total. The summed E-state index contributed by atoms with van der Waals surface area (Å²) < 4.78 is 5.21. The van der Waals surface area contributed by atoms with Crippen molar-refractivity contribution in [3.63, 3.8) is 0 Å². The third-order valence-electron chi connectivity index (χ3n) is 3.07. The fourth-order valence-electron chi connectivity index (χ4n) is 2.04. The maximum absolute atomic E-state index is 5.21. The molecule has 0 spiro atoms. The number of fused-ring (bicyclic) bond motifs is 1. The highest BCUT2D eigenvalue weighted by Gasteiger charge is 2.01. The lowest BCUT2D eigenvalue weighted by Crippen LogP contribution is -1.96. The van der Waals surface area contributed by atoms with Crippen LogP contribution in [0.4, 0.5) is 11.6 Å². The number of ether oxygens (including phenoxy) is 1. The van der Waals surface area contributed by atoms with E-state index in [0.29, 0.717) is 0 Å². The summed E-state index contributed by atoms with van der Waals surface area (Å²) in [7, 11) is 1.66. The van der Waals surface area contributed by atoms with Crippen LogP contribution in [0.1, 0.15) is 5.56 Å². The molecule has 20 heavy (non-hydrogen) atoms. The van der Waals surface area contributed by atoms with E-state index in [1.165, 1.54) is 0 Å². The highest BCUT2D eigenvalue weighted by atomic mass is 16.5. The molecule has 0 saturated carbocycles. The molecule has 3 aromatic rings. The lowest BCUT2D eigenvalue weighted by molar-refractivity contribution is 0.415. The van der Waals surface area contributed by atoms with Gasteiger partial charge in [-0.1, -0.05) is 0 Å². The molecule has 4 nitrogen and oxygen atoms in total. The van der Waals surface area contributed by atoms with Gasteiger partial charge in [-0.25, -0.2) is 9.97 Å². The van der Waals surface area contributed by atoms with E-state index in [2.05, 4.69) is 15.3 Å². The van der Waals surface area contributed by atoms with Gasteiger partial charge in [0.1, 0.15) is 17.4 Å². The summed E-state index contributed by atoms with van der Waals surface area (Å²) in [4.78, 5) is 8.84. The number of rotatable bonds is 3. The van der Waals surface area contributed by atoms with Gasteiger partial charge < -0.3 is 10.1 Å². The number of benzene rings is 1. The fraction of sp³-hybridized carbons (Fsp3) is 0.125. The van der Waals surface area contributed by atoms with E-state index in [4.69, 9.17) is 4.74 Å². The van der Waals surface area contributed by atoms with Crippen LogP contribution in [0, 0.1) is 6.92 Å². The van der Waals surface area contributed by atoms with E-state index in [9.17, 15) is 0 Å². The monoisotopic (exact) mass is 265 g/mol. The number of hydrogen-bond donors (Lipinski definition) is 1. The van der Waals surface area contributed by atoms with E-state index in [1.54, 1.807) is 13.3 Å². The van der Waals surface area contributed by atoms with Crippen LogP contribution in [0.25, 0.3) is 10.9 Å². The fourth-order valence-corrected chi connectivity index (χ4v) is 2.04. The van der Waals surface area contributed by atoms with E-state index in [1.807, 2.05) is 49.4 Å². The number of methoxy groups -OCH3 is 1. The molecule has 3 rings (SSSR count). The zero-order valence-corrected chi connectivity index (χ0v) is 11.4. The van der Waals surface area contributed by atoms with Crippen molar-refractivity contribution in [2.24, 2.45) is 0 Å². The minimum absolute atomic E-state index is 0.778. The first-order valence-electron chi connectivity index (χ1n) is 6.39. The Hall–Kier alpha value is -2.62. The second kappa shape index (κ2) is 5.17. The minimum atomic E-state index is 0.778. The van der Waals surface area contributed by atoms with Crippen molar-refractivity contribution >= 4 is 22.5 Å². The van der Waals surface area contributed by atoms with Gasteiger partial charge in [-0.2, -0.15) is 0 Å². The Morgan fingerprint density at radius 1 is 1.00 bits per heavy atom. The van der Waals surface area contributed by atoms with Crippen LogP contribution in [0.3, 0.4) is 0 Å². The number of anilines is 2. The van der Waals surface area contributed by atoms with Gasteiger partial charge in [0.05, 0.1) is 12.6 Å². The Balaban J connectivity index is 1.93. The summed E-state index contributed by atoms with van der Waals surface area (Å²) >= 11 is 0. The summed E-state index contributed by atoms with van der Waals surface area (Å²) in [6.45, 7) is 2.03. The van der Waals surface area contributed by atoms with Crippen molar-refractivity contribution in [2.75, 3.05) is 12.4 Å². The van der Waals surface area contributed by atoms with Crippen molar-refractivity contribution < 1.29 is 4.74 Å². The standard InChI is InChI=1S/C16H15N3O/c1-11-7-8-17-16(9-11)19-15-6-3-12-10-13(20-2)4-5-14(12)18-15/h3-10H,1-2H3,(H,17,18,19). The van der Waals surface area contributed by atoms with Crippen LogP contribution in [0.2, 0.25) is 0 Å². The molecule has 0 aliphatic rings. The summed E-state index contributed by atoms with van der Waals surface area (Å²) in [5, 5.41) is 4.26. The largest absolute Gasteiger partial charge is 0.497 e. The second-order valence-electron chi connectivity index (χ2n) is 4.60. The molecule has 1 aromatic carbocycles. The summed E-state index contributed by atoms with van der Waals surface area (Å²) in [5.74, 6) is 2.41. The van der Waals surface area contributed by atoms with Crippen LogP contribution in [-0.2, 0) is 0 Å². The normalized spacial score (nSPS) is 10.5. The Labute approximate surface area is 117 Å². The molecule has 0 atom stereocenters. The topological polar surface area (TPSA) is 47.0 Å². The predicted octanol–water partition coefficient (Wildman–Crippen LogP) is 3.69. The van der Waals surface area contributed by atoms with Gasteiger partial charge in [0.25, 0.3) is 0 Å². The number of aryl methyl sites for hydroxylation is 1. The molecular weight excluding hydrogens is 250 g/mol. The lowest BCUT2D eigenvalue weighted by Gasteiger charge is -2.07. The van der Waals surface area contributed by atoms with Crippen molar-refractivity contribution in [3.8, 4) is 5.75 Å². The van der Waals surface area contributed by atoms with Crippen molar-refractivity contribution in [2.45, 2.75) is 6.92 Å². The Morgan fingerprint density at radius 2 is 1.90 bits per heavy atom. The van der Waals surface area contributed by atoms with Crippen LogP contribution >= 0.6 is 0 Å². The van der Waals surface area contributed by atoms with E-state index in [-0.39, 0.29) is 0 Å². The van der Waals surface area contributed by atoms with Gasteiger partial charge in [-0.3, -0.25) is 0 Å². The zero-order chi connectivity index (χ0) is 13.9. The molecule has 0 aliphatic carbocycles. The predicted molar refractivity (Wildman–Crippen MR) is 80.6 cm³/mol. The number of nitrogens with one attached hydrogen (secondary N) is 1. The molecule has 0 unspecified atom stereocenters. The Morgan fingerprint density at radius 3 is 2.70 bits per heavy atom. The smallest absolute Gasteiger partial charge is 0.132 e. The molecule has 0 radical (unpaired) electrons. The van der Waals surface area contributed by atoms with Crippen molar-refractivity contribution in [1.82, 2.24) is 9.97 Å². The second-order valence-corrected chi connectivity index (χ2v) is 4.60. The molecule has 0 saturated heterocycles. The average molecular weight is 265 g/mol. The molecular formula is C16H15N3O. The molecule has 0 fully saturated rings. The summed E-state index contributed by atoms with van der Waals surface area (Å²) in [6.07, 6.45) is 1.78. The zero-order valence-electron chi connectivity index (χ0n) is 11.4. The Bertz CT molecular complexity index is 756. The number of aromatic nitrogens is 2. The van der Waals surface area contributed by atoms with Gasteiger partial charge in [-0.05, 0) is 55.0 Å². The average Bonchev–Trinajstić information content (AvgIpc) is 2.47. The molecule has 4 heteroatoms. The van der Waals surface area contributed by atoms with Gasteiger partial charge in [0, 0.05) is 11.6 Å². The molecule has 0 bridgehead atoms. The first-order valence-corrected chi connectivity index (χ1v) is 6.39. The number of hydrogen-bond acceptors (Lipinski definition) is 4. The highest BCUT2D eigenvalue weighted by molar-refractivity contribution is 5.82. The number of pyridine rings is 2. The van der Waals surface area contributed by atoms with Crippen LogP contribution in [-0.4, -0.2) is 17.1 Å². The molecule has 2 heterocycles. The van der Waals surface area contributed by atoms with E-state index in [0.717, 1.165) is 33.9 Å². The molecule has 0 aliphatic heterocycles. The maximum atomic E-state index is 5.21. The van der Waals surface area contributed by atoms with Crippen molar-refractivity contribution in [3.05, 3.63) is 54.2 Å². The van der Waals surface area contributed by atoms with E-state index >= 15 is 0 Å². The number of nitrogens with zero attached hydrogens (tertiary/aromatic N) is 2. The highest BCUT2D eigenvalue weighted by Crippen LogP contribution is 2.22. The summed E-state index contributed by atoms with van der Waals surface area (Å²) in [6, 6.07) is 13.7. The lowest BCUT2D eigenvalue weighted by atomic mass is 10.2.